The SMILES string of the molecule is COc1cccc(CN2C(=O)C(=O)/C(=C(\O)c3ccc(OCc4ccccc4)c(C)c3)C2c2ccccc2)c1. The van der Waals surface area contributed by atoms with Crippen molar-refractivity contribution in [2.75, 3.05) is 7.11 Å². The molecule has 6 heteroatoms. The summed E-state index contributed by atoms with van der Waals surface area (Å²) in [6.07, 6.45) is 0. The van der Waals surface area contributed by atoms with Crippen LogP contribution < -0.4 is 9.47 Å². The third-order valence-corrected chi connectivity index (χ3v) is 6.83. The van der Waals surface area contributed by atoms with Crippen molar-refractivity contribution < 1.29 is 24.2 Å². The predicted octanol–water partition coefficient (Wildman–Crippen LogP) is 6.20. The maximum atomic E-state index is 13.4. The standard InChI is InChI=1S/C33H29NO5/c1-22-18-26(16-17-28(22)39-21-23-10-5-3-6-11-23)31(35)29-30(25-13-7-4-8-14-25)34(33(37)32(29)36)20-24-12-9-15-27(19-24)38-2/h3-19,30,35H,20-21H2,1-2H3/b31-29-. The summed E-state index contributed by atoms with van der Waals surface area (Å²) in [6.45, 7) is 2.48. The number of ether oxygens (including phenoxy) is 2. The Morgan fingerprint density at radius 2 is 1.54 bits per heavy atom. The van der Waals surface area contributed by atoms with Gasteiger partial charge < -0.3 is 19.5 Å². The molecule has 196 valence electrons. The summed E-state index contributed by atoms with van der Waals surface area (Å²) in [5.41, 5.74) is 3.90. The molecule has 1 N–H and O–H groups in total. The maximum absolute atomic E-state index is 13.4. The number of benzene rings is 4. The third kappa shape index (κ3) is 5.41. The second-order valence-electron chi connectivity index (χ2n) is 9.44. The highest BCUT2D eigenvalue weighted by Crippen LogP contribution is 2.40. The number of amides is 1. The lowest BCUT2D eigenvalue weighted by atomic mass is 9.94. The largest absolute Gasteiger partial charge is 0.507 e. The molecule has 1 atom stereocenters. The molecule has 0 spiro atoms. The number of Topliss-reactive ketones (excluding diaryl/α,β-unsaturated/α-hetero) is 1. The van der Waals surface area contributed by atoms with Crippen LogP contribution in [0.1, 0.15) is 33.9 Å². The fourth-order valence-electron chi connectivity index (χ4n) is 4.84. The van der Waals surface area contributed by atoms with Crippen molar-refractivity contribution in [1.82, 2.24) is 4.90 Å². The summed E-state index contributed by atoms with van der Waals surface area (Å²) in [5.74, 6) is -0.258. The molecule has 4 aromatic rings. The highest BCUT2D eigenvalue weighted by atomic mass is 16.5. The number of aliphatic hydroxyl groups is 1. The van der Waals surface area contributed by atoms with Crippen LogP contribution in [0.25, 0.3) is 5.76 Å². The van der Waals surface area contributed by atoms with Crippen molar-refractivity contribution in [3.63, 3.8) is 0 Å². The van der Waals surface area contributed by atoms with E-state index in [4.69, 9.17) is 9.47 Å². The van der Waals surface area contributed by atoms with E-state index in [9.17, 15) is 14.7 Å². The Hall–Kier alpha value is -4.84. The van der Waals surface area contributed by atoms with Gasteiger partial charge >= 0.3 is 0 Å². The van der Waals surface area contributed by atoms with Gasteiger partial charge in [0.05, 0.1) is 18.7 Å². The number of hydrogen-bond acceptors (Lipinski definition) is 5. The third-order valence-electron chi connectivity index (χ3n) is 6.83. The summed E-state index contributed by atoms with van der Waals surface area (Å²) >= 11 is 0. The van der Waals surface area contributed by atoms with Crippen LogP contribution in [0.4, 0.5) is 0 Å². The van der Waals surface area contributed by atoms with Gasteiger partial charge in [0.2, 0.25) is 0 Å². The summed E-state index contributed by atoms with van der Waals surface area (Å²) in [7, 11) is 1.58. The Labute approximate surface area is 227 Å². The van der Waals surface area contributed by atoms with Gasteiger partial charge in [-0.2, -0.15) is 0 Å². The molecule has 0 bridgehead atoms. The summed E-state index contributed by atoms with van der Waals surface area (Å²) in [6, 6.07) is 31.0. The first-order valence-electron chi connectivity index (χ1n) is 12.7. The Bertz CT molecular complexity index is 1530. The van der Waals surface area contributed by atoms with Crippen LogP contribution in [0.15, 0.2) is 109 Å². The molecular formula is C33H29NO5. The van der Waals surface area contributed by atoms with E-state index in [1.807, 2.05) is 91.9 Å². The fraction of sp³-hybridized carbons (Fsp3) is 0.152. The van der Waals surface area contributed by atoms with Gasteiger partial charge in [-0.25, -0.2) is 0 Å². The summed E-state index contributed by atoms with van der Waals surface area (Å²) < 4.78 is 11.3. The van der Waals surface area contributed by atoms with Gasteiger partial charge in [0, 0.05) is 12.1 Å². The normalized spacial score (nSPS) is 16.4. The number of ketones is 1. The van der Waals surface area contributed by atoms with Crippen molar-refractivity contribution in [1.29, 1.82) is 0 Å². The molecule has 0 saturated carbocycles. The van der Waals surface area contributed by atoms with Gasteiger partial charge in [-0.3, -0.25) is 9.59 Å². The molecule has 39 heavy (non-hydrogen) atoms. The smallest absolute Gasteiger partial charge is 0.295 e. The van der Waals surface area contributed by atoms with Crippen LogP contribution in [0, 0.1) is 6.92 Å². The molecule has 0 aromatic heterocycles. The first kappa shape index (κ1) is 25.8. The number of nitrogens with zero attached hydrogens (tertiary/aromatic N) is 1. The second kappa shape index (κ2) is 11.3. The molecule has 1 unspecified atom stereocenters. The molecule has 1 amide bonds. The zero-order valence-corrected chi connectivity index (χ0v) is 21.8. The average molecular weight is 520 g/mol. The van der Waals surface area contributed by atoms with Crippen LogP contribution in [-0.2, 0) is 22.7 Å². The maximum Gasteiger partial charge on any atom is 0.295 e. The number of carbonyl (C=O) groups excluding carboxylic acids is 2. The number of rotatable bonds is 8. The van der Waals surface area contributed by atoms with E-state index in [0.717, 1.165) is 22.3 Å². The fourth-order valence-corrected chi connectivity index (χ4v) is 4.84. The molecule has 1 saturated heterocycles. The van der Waals surface area contributed by atoms with Crippen molar-refractivity contribution in [3.8, 4) is 11.5 Å². The monoisotopic (exact) mass is 519 g/mol. The molecule has 1 aliphatic rings. The van der Waals surface area contributed by atoms with Crippen LogP contribution in [0.3, 0.4) is 0 Å². The zero-order chi connectivity index (χ0) is 27.4. The lowest BCUT2D eigenvalue weighted by molar-refractivity contribution is -0.140. The summed E-state index contributed by atoms with van der Waals surface area (Å²) in [5, 5.41) is 11.4. The van der Waals surface area contributed by atoms with E-state index >= 15 is 0 Å². The minimum Gasteiger partial charge on any atom is -0.507 e. The lowest BCUT2D eigenvalue weighted by Gasteiger charge is -2.25. The van der Waals surface area contributed by atoms with Crippen LogP contribution >= 0.6 is 0 Å². The molecule has 4 aromatic carbocycles. The molecule has 1 aliphatic heterocycles. The number of aryl methyl sites for hydroxylation is 1. The van der Waals surface area contributed by atoms with Crippen LogP contribution in [0.2, 0.25) is 0 Å². The van der Waals surface area contributed by atoms with Gasteiger partial charge in [-0.15, -0.1) is 0 Å². The quantitative estimate of drug-likeness (QED) is 0.170. The zero-order valence-electron chi connectivity index (χ0n) is 21.8. The van der Waals surface area contributed by atoms with Gasteiger partial charge in [-0.05, 0) is 59.5 Å². The van der Waals surface area contributed by atoms with Crippen molar-refractivity contribution in [2.45, 2.75) is 26.1 Å². The Kier molecular flexibility index (Phi) is 7.46. The molecule has 5 rings (SSSR count). The predicted molar refractivity (Wildman–Crippen MR) is 149 cm³/mol. The second-order valence-corrected chi connectivity index (χ2v) is 9.44. The number of aliphatic hydroxyl groups excluding tert-OH is 1. The van der Waals surface area contributed by atoms with Crippen molar-refractivity contribution in [3.05, 3.63) is 137 Å². The Morgan fingerprint density at radius 3 is 2.23 bits per heavy atom. The highest BCUT2D eigenvalue weighted by Gasteiger charge is 2.46. The van der Waals surface area contributed by atoms with E-state index in [-0.39, 0.29) is 17.9 Å². The van der Waals surface area contributed by atoms with E-state index < -0.39 is 17.7 Å². The average Bonchev–Trinajstić information content (AvgIpc) is 3.22. The number of hydrogen-bond donors (Lipinski definition) is 1. The van der Waals surface area contributed by atoms with Crippen molar-refractivity contribution >= 4 is 17.4 Å². The van der Waals surface area contributed by atoms with E-state index in [2.05, 4.69) is 0 Å². The van der Waals surface area contributed by atoms with E-state index in [1.54, 1.807) is 25.3 Å². The van der Waals surface area contributed by atoms with Gasteiger partial charge in [0.1, 0.15) is 23.9 Å². The minimum absolute atomic E-state index is 0.0615. The minimum atomic E-state index is -0.744. The molecule has 6 nitrogen and oxygen atoms in total. The van der Waals surface area contributed by atoms with Gasteiger partial charge in [-0.1, -0.05) is 72.8 Å². The number of carbonyl (C=O) groups is 2. The molecule has 1 fully saturated rings. The Morgan fingerprint density at radius 1 is 0.846 bits per heavy atom. The van der Waals surface area contributed by atoms with Crippen LogP contribution in [0.5, 0.6) is 11.5 Å². The first-order chi connectivity index (χ1) is 19.0. The van der Waals surface area contributed by atoms with Gasteiger partial charge in [0.15, 0.2) is 0 Å². The lowest BCUT2D eigenvalue weighted by Crippen LogP contribution is -2.29. The number of likely N-dealkylation sites (tertiary alicyclic amines) is 1. The molecule has 1 heterocycles. The molecule has 0 aliphatic carbocycles. The molecular weight excluding hydrogens is 490 g/mol. The van der Waals surface area contributed by atoms with Crippen molar-refractivity contribution in [2.24, 2.45) is 0 Å². The summed E-state index contributed by atoms with van der Waals surface area (Å²) in [4.78, 5) is 28.2. The molecule has 0 radical (unpaired) electrons. The number of methoxy groups -OCH3 is 1. The van der Waals surface area contributed by atoms with Crippen LogP contribution in [-0.4, -0.2) is 28.8 Å². The van der Waals surface area contributed by atoms with E-state index in [0.29, 0.717) is 23.7 Å². The topological polar surface area (TPSA) is 76.1 Å². The first-order valence-corrected chi connectivity index (χ1v) is 12.7. The van der Waals surface area contributed by atoms with E-state index in [1.165, 1.54) is 4.90 Å². The Balaban J connectivity index is 1.50. The van der Waals surface area contributed by atoms with Gasteiger partial charge in [0.25, 0.3) is 11.7 Å². The highest BCUT2D eigenvalue weighted by molar-refractivity contribution is 6.46.